The van der Waals surface area contributed by atoms with Crippen LogP contribution in [0.3, 0.4) is 0 Å². The number of benzene rings is 4. The van der Waals surface area contributed by atoms with E-state index >= 15 is 0 Å². The lowest BCUT2D eigenvalue weighted by Crippen LogP contribution is -2.51. The van der Waals surface area contributed by atoms with E-state index in [1.54, 1.807) is 6.07 Å². The van der Waals surface area contributed by atoms with Crippen molar-refractivity contribution in [2.45, 2.75) is 158 Å². The topological polar surface area (TPSA) is 173 Å². The Balaban J connectivity index is 0.000000366. The number of aromatic nitrogens is 3. The predicted molar refractivity (Wildman–Crippen MR) is 334 cm³/mol. The third-order valence-corrected chi connectivity index (χ3v) is 15.5. The summed E-state index contributed by atoms with van der Waals surface area (Å²) in [6.45, 7) is 25.6. The van der Waals surface area contributed by atoms with Crippen molar-refractivity contribution < 1.29 is 47.4 Å². The van der Waals surface area contributed by atoms with Gasteiger partial charge in [-0.25, -0.2) is 9.37 Å². The molecule has 2 aromatic heterocycles. The van der Waals surface area contributed by atoms with Crippen LogP contribution in [0.25, 0.3) is 38.3 Å². The first-order valence-corrected chi connectivity index (χ1v) is 29.6. The molecule has 0 spiro atoms. The van der Waals surface area contributed by atoms with Crippen LogP contribution in [0.15, 0.2) is 66.2 Å². The minimum Gasteiger partial charge on any atom is -0.493 e. The van der Waals surface area contributed by atoms with Gasteiger partial charge < -0.3 is 43.6 Å². The number of likely N-dealkylation sites (N-methyl/N-ethyl adjacent to an activating group) is 1. The summed E-state index contributed by atoms with van der Waals surface area (Å²) in [4.78, 5) is 65.2. The van der Waals surface area contributed by atoms with Crippen LogP contribution in [0.4, 0.5) is 4.39 Å². The van der Waals surface area contributed by atoms with Crippen LogP contribution < -0.4 is 14.8 Å². The zero-order valence-corrected chi connectivity index (χ0v) is 52.4. The number of carbonyl (C=O) groups excluding carboxylic acids is 5. The minimum absolute atomic E-state index is 0.000787. The fourth-order valence-electron chi connectivity index (χ4n) is 10.3. The van der Waals surface area contributed by atoms with Crippen LogP contribution >= 0.6 is 11.6 Å². The lowest BCUT2D eigenvalue weighted by atomic mass is 9.86. The van der Waals surface area contributed by atoms with Crippen molar-refractivity contribution in [3.8, 4) is 11.5 Å². The van der Waals surface area contributed by atoms with Gasteiger partial charge in [-0.2, -0.15) is 0 Å². The van der Waals surface area contributed by atoms with E-state index in [2.05, 4.69) is 93.5 Å². The van der Waals surface area contributed by atoms with Gasteiger partial charge in [0.25, 0.3) is 0 Å². The fraction of sp³-hybridized carbons (Fsp3) is 0.515. The lowest BCUT2D eigenvalue weighted by molar-refractivity contribution is -0.905. The van der Waals surface area contributed by atoms with E-state index in [0.29, 0.717) is 50.4 Å². The number of rotatable bonds is 26. The Morgan fingerprint density at radius 1 is 0.951 bits per heavy atom. The Morgan fingerprint density at radius 2 is 1.65 bits per heavy atom. The molecule has 1 aliphatic rings. The number of nitrogens with one attached hydrogen (secondary N) is 2. The normalized spacial score (nSPS) is 14.2. The largest absolute Gasteiger partial charge is 0.493 e. The molecule has 82 heavy (non-hydrogen) atoms. The van der Waals surface area contributed by atoms with Gasteiger partial charge in [0.15, 0.2) is 18.4 Å². The third-order valence-electron chi connectivity index (χ3n) is 15.2. The molecule has 0 fully saturated rings. The third kappa shape index (κ3) is 20.3. The molecule has 1 aliphatic heterocycles. The SMILES string of the molecule is CCC(C)CCn1c(C=O)c(CCCOc2cccc3cc(F)ccc23)c2ccc(Cl)c(C3=C(C)CC[N+](C)(C)C3C)c21.CCCC(=O)C(CCC(C)=O)NC=O.CCCN(C)CCC.CO.Cc1nc2c(C)cc(OCC=O)cc2[nH]1. The fourth-order valence-corrected chi connectivity index (χ4v) is 10.6. The maximum absolute atomic E-state index is 13.8. The maximum atomic E-state index is 13.8. The van der Waals surface area contributed by atoms with E-state index in [-0.39, 0.29) is 30.0 Å². The second kappa shape index (κ2) is 35.7. The summed E-state index contributed by atoms with van der Waals surface area (Å²) in [5, 5.41) is 13.0. The first-order chi connectivity index (χ1) is 39.2. The number of hydrogen-bond acceptors (Lipinski definition) is 10. The molecule has 0 saturated heterocycles. The van der Waals surface area contributed by atoms with Gasteiger partial charge in [-0.05, 0) is 159 Å². The van der Waals surface area contributed by atoms with Crippen molar-refractivity contribution in [2.24, 2.45) is 5.92 Å². The molecule has 3 N–H and O–H groups in total. The number of quaternary nitrogens is 1. The molecule has 3 atom stereocenters. The molecule has 0 bridgehead atoms. The summed E-state index contributed by atoms with van der Waals surface area (Å²) < 4.78 is 28.4. The van der Waals surface area contributed by atoms with Crippen molar-refractivity contribution >= 4 is 80.4 Å². The molecular formula is C66H95ClFN6O8+. The minimum atomic E-state index is -0.489. The maximum Gasteiger partial charge on any atom is 0.207 e. The molecule has 0 aliphatic carbocycles. The summed E-state index contributed by atoms with van der Waals surface area (Å²) in [5.74, 6) is 2.64. The predicted octanol–water partition coefficient (Wildman–Crippen LogP) is 13.4. The van der Waals surface area contributed by atoms with E-state index in [1.807, 2.05) is 57.2 Å². The van der Waals surface area contributed by atoms with E-state index < -0.39 is 6.04 Å². The van der Waals surface area contributed by atoms with Gasteiger partial charge in [0, 0.05) is 60.9 Å². The highest BCUT2D eigenvalue weighted by atomic mass is 35.5. The Bertz CT molecular complexity index is 3030. The summed E-state index contributed by atoms with van der Waals surface area (Å²) in [5.41, 5.74) is 9.61. The van der Waals surface area contributed by atoms with E-state index in [0.717, 1.165) is 141 Å². The second-order valence-electron chi connectivity index (χ2n) is 22.0. The zero-order chi connectivity index (χ0) is 61.1. The number of carbonyl (C=O) groups is 5. The molecule has 16 heteroatoms. The van der Waals surface area contributed by atoms with Gasteiger partial charge in [-0.1, -0.05) is 76.4 Å². The van der Waals surface area contributed by atoms with Crippen molar-refractivity contribution in [1.29, 1.82) is 0 Å². The average Bonchev–Trinajstić information content (AvgIpc) is 3.72. The number of H-pyrrole nitrogens is 1. The number of halogens is 2. The van der Waals surface area contributed by atoms with E-state index in [4.69, 9.17) is 26.2 Å². The van der Waals surface area contributed by atoms with Crippen molar-refractivity contribution in [1.82, 2.24) is 24.8 Å². The molecule has 3 unspecified atom stereocenters. The Hall–Kier alpha value is -6.26. The Kier molecular flexibility index (Phi) is 30.5. The monoisotopic (exact) mass is 1150 g/mol. The summed E-state index contributed by atoms with van der Waals surface area (Å²) in [6, 6.07) is 18.1. The van der Waals surface area contributed by atoms with Crippen molar-refractivity contribution in [3.63, 3.8) is 0 Å². The molecule has 450 valence electrons. The summed E-state index contributed by atoms with van der Waals surface area (Å²) >= 11 is 7.09. The highest BCUT2D eigenvalue weighted by molar-refractivity contribution is 6.34. The molecule has 1 amide bonds. The van der Waals surface area contributed by atoms with Gasteiger partial charge >= 0.3 is 0 Å². The van der Waals surface area contributed by atoms with Crippen molar-refractivity contribution in [3.05, 3.63) is 105 Å². The number of ketones is 2. The number of ether oxygens (including phenoxy) is 2. The van der Waals surface area contributed by atoms with Gasteiger partial charge in [-0.15, -0.1) is 0 Å². The standard InChI is InChI=1S/C37H45ClFN2O2.C11H12N2O2.C10H17NO3.C7H17N.CH4O/c1-7-24(2)17-19-40-33(23-42)30(11-9-21-43-34-12-8-10-27-22-28(39)13-14-29(27)34)31-15-16-32(38)36(37(31)40)35-25(3)18-20-41(5,6)26(35)4;1-7-5-9(15-4-3-14)6-10-11(7)13-8(2)12-10;1-3-4-10(14)9(11-7-12)6-5-8(2)13;1-4-6-8(3)7-5-2;1-2/h8,10,12-16,22-24,26H,7,9,11,17-21H2,1-6H3;3,5-6H,4H2,1-2H3,(H,12,13);7,9H,3-6H2,1-2H3,(H,11,12);4-7H2,1-3H3;2H,1H3/q+1;;;;. The van der Waals surface area contributed by atoms with Crippen LogP contribution in [0.1, 0.15) is 153 Å². The molecule has 0 saturated carbocycles. The quantitative estimate of drug-likeness (QED) is 0.0269. The van der Waals surface area contributed by atoms with Crippen LogP contribution in [0, 0.1) is 25.6 Å². The van der Waals surface area contributed by atoms with Gasteiger partial charge in [-0.3, -0.25) is 19.2 Å². The Labute approximate surface area is 492 Å². The number of fused-ring (bicyclic) bond motifs is 3. The van der Waals surface area contributed by atoms with Gasteiger partial charge in [0.05, 0.1) is 60.6 Å². The number of Topliss-reactive ketones (excluding diaryl/α,β-unsaturated/α-hetero) is 2. The summed E-state index contributed by atoms with van der Waals surface area (Å²) in [6.07, 6.45) is 11.3. The molecule has 0 radical (unpaired) electrons. The Morgan fingerprint density at radius 3 is 2.27 bits per heavy atom. The number of imidazole rings is 1. The zero-order valence-electron chi connectivity index (χ0n) is 51.6. The van der Waals surface area contributed by atoms with Crippen molar-refractivity contribution in [2.75, 3.05) is 61.1 Å². The first-order valence-electron chi connectivity index (χ1n) is 29.2. The lowest BCUT2D eigenvalue weighted by Gasteiger charge is -2.42. The first kappa shape index (κ1) is 70.0. The van der Waals surface area contributed by atoms with E-state index in [9.17, 15) is 28.4 Å². The van der Waals surface area contributed by atoms with Gasteiger partial charge in [0.2, 0.25) is 6.41 Å². The van der Waals surface area contributed by atoms with Crippen LogP contribution in [0.5, 0.6) is 11.5 Å². The number of aliphatic hydroxyl groups excluding tert-OH is 1. The molecule has 6 aromatic rings. The number of aliphatic hydroxyl groups is 1. The molecule has 4 aromatic carbocycles. The second-order valence-corrected chi connectivity index (χ2v) is 22.4. The number of aromatic amines is 1. The number of hydrogen-bond donors (Lipinski definition) is 3. The molecule has 7 rings (SSSR count). The van der Waals surface area contributed by atoms with E-state index in [1.165, 1.54) is 56.1 Å². The van der Waals surface area contributed by atoms with Crippen LogP contribution in [0.2, 0.25) is 5.02 Å². The average molecular weight is 1150 g/mol. The highest BCUT2D eigenvalue weighted by Gasteiger charge is 2.36. The molecule has 3 heterocycles. The molecular weight excluding hydrogens is 1060 g/mol. The summed E-state index contributed by atoms with van der Waals surface area (Å²) in [7, 11) is 7.76. The number of nitrogens with zero attached hydrogens (tertiary/aromatic N) is 4. The van der Waals surface area contributed by atoms with Gasteiger partial charge in [0.1, 0.15) is 41.6 Å². The number of amides is 1. The smallest absolute Gasteiger partial charge is 0.207 e. The number of aryl methyl sites for hydroxylation is 4. The molecule has 14 nitrogen and oxygen atoms in total. The van der Waals surface area contributed by atoms with Crippen LogP contribution in [-0.4, -0.2) is 133 Å². The highest BCUT2D eigenvalue weighted by Crippen LogP contribution is 2.43. The van der Waals surface area contributed by atoms with Crippen LogP contribution in [-0.2, 0) is 32.1 Å². The number of aldehydes is 2.